The summed E-state index contributed by atoms with van der Waals surface area (Å²) in [5.74, 6) is -1.84. The van der Waals surface area contributed by atoms with Gasteiger partial charge in [0.1, 0.15) is 12.2 Å². The molecule has 0 aliphatic heterocycles. The minimum absolute atomic E-state index is 0.0198. The highest BCUT2D eigenvalue weighted by Gasteiger charge is 2.18. The number of carbonyl (C=O) groups excluding carboxylic acids is 2. The standard InChI is InChI=1S/C11H11ClFNO3/c1-14(10(15)6-11(16)17-2)9-5-7(12)3-4-8(9)13/h3-5H,6H2,1-2H3. The molecule has 0 heterocycles. The SMILES string of the molecule is COC(=O)CC(=O)N(C)c1cc(Cl)ccc1F. The second-order valence-electron chi connectivity index (χ2n) is 3.30. The van der Waals surface area contributed by atoms with Crippen molar-refractivity contribution < 1.29 is 18.7 Å². The lowest BCUT2D eigenvalue weighted by atomic mass is 10.2. The van der Waals surface area contributed by atoms with Gasteiger partial charge in [0, 0.05) is 12.1 Å². The molecule has 0 atom stereocenters. The van der Waals surface area contributed by atoms with E-state index in [9.17, 15) is 14.0 Å². The molecule has 0 fully saturated rings. The molecule has 1 amide bonds. The molecule has 17 heavy (non-hydrogen) atoms. The summed E-state index contributed by atoms with van der Waals surface area (Å²) in [4.78, 5) is 23.5. The maximum atomic E-state index is 13.4. The van der Waals surface area contributed by atoms with Crippen molar-refractivity contribution in [2.45, 2.75) is 6.42 Å². The fourth-order valence-corrected chi connectivity index (χ4v) is 1.36. The second-order valence-corrected chi connectivity index (χ2v) is 3.74. The highest BCUT2D eigenvalue weighted by molar-refractivity contribution is 6.31. The predicted molar refractivity (Wildman–Crippen MR) is 61.5 cm³/mol. The average molecular weight is 260 g/mol. The summed E-state index contributed by atoms with van der Waals surface area (Å²) >= 11 is 5.70. The van der Waals surface area contributed by atoms with Crippen LogP contribution in [-0.2, 0) is 14.3 Å². The van der Waals surface area contributed by atoms with Gasteiger partial charge in [0.15, 0.2) is 0 Å². The summed E-state index contributed by atoms with van der Waals surface area (Å²) in [7, 11) is 2.54. The van der Waals surface area contributed by atoms with Crippen molar-refractivity contribution in [3.63, 3.8) is 0 Å². The van der Waals surface area contributed by atoms with Crippen molar-refractivity contribution >= 4 is 29.2 Å². The van der Waals surface area contributed by atoms with Gasteiger partial charge in [-0.15, -0.1) is 0 Å². The molecule has 0 saturated heterocycles. The molecule has 6 heteroatoms. The first-order chi connectivity index (χ1) is 7.95. The van der Waals surface area contributed by atoms with Gasteiger partial charge in [0.2, 0.25) is 5.91 Å². The molecular formula is C11H11ClFNO3. The summed E-state index contributed by atoms with van der Waals surface area (Å²) in [6.07, 6.45) is -0.445. The summed E-state index contributed by atoms with van der Waals surface area (Å²) in [5, 5.41) is 0.305. The van der Waals surface area contributed by atoms with Gasteiger partial charge in [-0.2, -0.15) is 0 Å². The highest BCUT2D eigenvalue weighted by Crippen LogP contribution is 2.23. The Balaban J connectivity index is 2.88. The van der Waals surface area contributed by atoms with Crippen LogP contribution in [0.4, 0.5) is 10.1 Å². The lowest BCUT2D eigenvalue weighted by Gasteiger charge is -2.17. The van der Waals surface area contributed by atoms with E-state index in [-0.39, 0.29) is 5.69 Å². The lowest BCUT2D eigenvalue weighted by molar-refractivity contribution is -0.143. The normalized spacial score (nSPS) is 9.88. The third-order valence-corrected chi connectivity index (χ3v) is 2.40. The Labute approximate surface area is 103 Å². The minimum atomic E-state index is -0.677. The van der Waals surface area contributed by atoms with Crippen molar-refractivity contribution in [3.8, 4) is 0 Å². The molecule has 0 radical (unpaired) electrons. The largest absolute Gasteiger partial charge is 0.469 e. The van der Waals surface area contributed by atoms with Crippen LogP contribution in [0.1, 0.15) is 6.42 Å². The Morgan fingerprint density at radius 2 is 2.12 bits per heavy atom. The molecule has 0 aliphatic carbocycles. The summed E-state index contributed by atoms with van der Waals surface area (Å²) < 4.78 is 17.8. The molecule has 0 aliphatic rings. The van der Waals surface area contributed by atoms with Crippen LogP contribution in [0.25, 0.3) is 0 Å². The summed E-state index contributed by atoms with van der Waals surface area (Å²) in [5.41, 5.74) is 0.0198. The van der Waals surface area contributed by atoms with Gasteiger partial charge in [-0.3, -0.25) is 9.59 Å². The number of amides is 1. The number of esters is 1. The Hall–Kier alpha value is -1.62. The third-order valence-electron chi connectivity index (χ3n) is 2.17. The second kappa shape index (κ2) is 5.63. The predicted octanol–water partition coefficient (Wildman–Crippen LogP) is 2.00. The van der Waals surface area contributed by atoms with E-state index in [1.54, 1.807) is 0 Å². The quantitative estimate of drug-likeness (QED) is 0.616. The van der Waals surface area contributed by atoms with Crippen molar-refractivity contribution in [1.82, 2.24) is 0 Å². The summed E-state index contributed by atoms with van der Waals surface area (Å²) in [6.45, 7) is 0. The molecule has 0 N–H and O–H groups in total. The Kier molecular flexibility index (Phi) is 4.45. The van der Waals surface area contributed by atoms with Crippen LogP contribution in [0.15, 0.2) is 18.2 Å². The Morgan fingerprint density at radius 1 is 1.47 bits per heavy atom. The van der Waals surface area contributed by atoms with E-state index in [0.717, 1.165) is 11.0 Å². The van der Waals surface area contributed by atoms with E-state index in [1.807, 2.05) is 0 Å². The molecule has 0 unspecified atom stereocenters. The lowest BCUT2D eigenvalue weighted by Crippen LogP contribution is -2.29. The molecule has 0 bridgehead atoms. The van der Waals surface area contributed by atoms with Crippen molar-refractivity contribution in [3.05, 3.63) is 29.0 Å². The Morgan fingerprint density at radius 3 is 2.71 bits per heavy atom. The third kappa shape index (κ3) is 3.42. The molecule has 1 aromatic rings. The average Bonchev–Trinajstić information content (AvgIpc) is 2.31. The van der Waals surface area contributed by atoms with Crippen LogP contribution in [0.3, 0.4) is 0 Å². The van der Waals surface area contributed by atoms with Gasteiger partial charge in [0.25, 0.3) is 0 Å². The molecule has 0 aromatic heterocycles. The van der Waals surface area contributed by atoms with Crippen LogP contribution in [0, 0.1) is 5.82 Å². The number of hydrogen-bond donors (Lipinski definition) is 0. The molecular weight excluding hydrogens is 249 g/mol. The van der Waals surface area contributed by atoms with Gasteiger partial charge in [0.05, 0.1) is 12.8 Å². The number of nitrogens with zero attached hydrogens (tertiary/aromatic N) is 1. The first-order valence-corrected chi connectivity index (χ1v) is 5.12. The first kappa shape index (κ1) is 13.4. The van der Waals surface area contributed by atoms with Gasteiger partial charge in [-0.25, -0.2) is 4.39 Å². The first-order valence-electron chi connectivity index (χ1n) is 4.74. The molecule has 0 saturated carbocycles. The zero-order valence-electron chi connectivity index (χ0n) is 9.37. The van der Waals surface area contributed by atoms with E-state index >= 15 is 0 Å². The Bertz CT molecular complexity index is 450. The van der Waals surface area contributed by atoms with Crippen molar-refractivity contribution in [2.24, 2.45) is 0 Å². The topological polar surface area (TPSA) is 46.6 Å². The molecule has 1 rings (SSSR count). The number of rotatable bonds is 3. The monoisotopic (exact) mass is 259 g/mol. The molecule has 92 valence electrons. The van der Waals surface area contributed by atoms with Gasteiger partial charge in [-0.05, 0) is 18.2 Å². The highest BCUT2D eigenvalue weighted by atomic mass is 35.5. The van der Waals surface area contributed by atoms with Gasteiger partial charge < -0.3 is 9.64 Å². The van der Waals surface area contributed by atoms with Crippen LogP contribution < -0.4 is 4.90 Å². The van der Waals surface area contributed by atoms with Crippen molar-refractivity contribution in [2.75, 3.05) is 19.1 Å². The van der Waals surface area contributed by atoms with Gasteiger partial charge >= 0.3 is 5.97 Å². The van der Waals surface area contributed by atoms with E-state index in [2.05, 4.69) is 4.74 Å². The maximum absolute atomic E-state index is 13.4. The van der Waals surface area contributed by atoms with E-state index < -0.39 is 24.1 Å². The zero-order chi connectivity index (χ0) is 13.0. The van der Waals surface area contributed by atoms with E-state index in [1.165, 1.54) is 26.3 Å². The number of methoxy groups -OCH3 is 1. The maximum Gasteiger partial charge on any atom is 0.315 e. The molecule has 0 spiro atoms. The van der Waals surface area contributed by atoms with Crippen LogP contribution in [0.5, 0.6) is 0 Å². The van der Waals surface area contributed by atoms with Gasteiger partial charge in [-0.1, -0.05) is 11.6 Å². The number of carbonyl (C=O) groups is 2. The smallest absolute Gasteiger partial charge is 0.315 e. The molecule has 4 nitrogen and oxygen atoms in total. The number of halogens is 2. The minimum Gasteiger partial charge on any atom is -0.469 e. The fourth-order valence-electron chi connectivity index (χ4n) is 1.19. The van der Waals surface area contributed by atoms with Crippen molar-refractivity contribution in [1.29, 1.82) is 0 Å². The zero-order valence-corrected chi connectivity index (χ0v) is 10.1. The summed E-state index contributed by atoms with van der Waals surface area (Å²) in [6, 6.07) is 3.84. The van der Waals surface area contributed by atoms with E-state index in [0.29, 0.717) is 5.02 Å². The van der Waals surface area contributed by atoms with E-state index in [4.69, 9.17) is 11.6 Å². The van der Waals surface area contributed by atoms with Crippen LogP contribution in [0.2, 0.25) is 5.02 Å². The van der Waals surface area contributed by atoms with Crippen LogP contribution in [-0.4, -0.2) is 26.0 Å². The fraction of sp³-hybridized carbons (Fsp3) is 0.273. The number of benzene rings is 1. The number of ether oxygens (including phenoxy) is 1. The van der Waals surface area contributed by atoms with Crippen LogP contribution >= 0.6 is 11.6 Å². The molecule has 1 aromatic carbocycles. The number of anilines is 1. The number of hydrogen-bond acceptors (Lipinski definition) is 3.